The first-order valence-corrected chi connectivity index (χ1v) is 5.23. The average molecular weight is 206 g/mol. The van der Waals surface area contributed by atoms with Crippen LogP contribution in [0.5, 0.6) is 0 Å². The van der Waals surface area contributed by atoms with E-state index in [1.807, 2.05) is 38.1 Å². The van der Waals surface area contributed by atoms with Crippen LogP contribution in [0.4, 0.5) is 5.69 Å². The normalized spacial score (nSPS) is 12.1. The van der Waals surface area contributed by atoms with Gasteiger partial charge in [0.15, 0.2) is 0 Å². The molecule has 0 saturated carbocycles. The second-order valence-electron chi connectivity index (χ2n) is 3.79. The van der Waals surface area contributed by atoms with Crippen molar-refractivity contribution in [3.8, 4) is 0 Å². The highest BCUT2D eigenvalue weighted by Crippen LogP contribution is 2.12. The van der Waals surface area contributed by atoms with Gasteiger partial charge in [-0.15, -0.1) is 0 Å². The Hall–Kier alpha value is -1.51. The van der Waals surface area contributed by atoms with Gasteiger partial charge in [0.05, 0.1) is 0 Å². The fourth-order valence-electron chi connectivity index (χ4n) is 1.43. The van der Waals surface area contributed by atoms with E-state index in [0.717, 1.165) is 12.1 Å². The lowest BCUT2D eigenvalue weighted by atomic mass is 10.1. The number of hydrogen-bond donors (Lipinski definition) is 2. The standard InChI is InChI=1S/C12H18N2O/c1-3-10(8-12(13)15)14-11-6-4-9(2)5-7-11/h4-7,10,14H,3,8H2,1-2H3,(H2,13,15)/t10-/m1/s1. The third kappa shape index (κ3) is 4.02. The van der Waals surface area contributed by atoms with E-state index in [9.17, 15) is 4.79 Å². The van der Waals surface area contributed by atoms with Gasteiger partial charge < -0.3 is 11.1 Å². The first-order valence-electron chi connectivity index (χ1n) is 5.23. The Balaban J connectivity index is 2.58. The molecule has 0 spiro atoms. The average Bonchev–Trinajstić information content (AvgIpc) is 2.19. The van der Waals surface area contributed by atoms with E-state index in [4.69, 9.17) is 5.73 Å². The van der Waals surface area contributed by atoms with Gasteiger partial charge in [-0.1, -0.05) is 24.6 Å². The number of benzene rings is 1. The summed E-state index contributed by atoms with van der Waals surface area (Å²) in [7, 11) is 0. The second-order valence-corrected chi connectivity index (χ2v) is 3.79. The van der Waals surface area contributed by atoms with E-state index in [-0.39, 0.29) is 11.9 Å². The fourth-order valence-corrected chi connectivity index (χ4v) is 1.43. The molecule has 3 nitrogen and oxygen atoms in total. The zero-order valence-corrected chi connectivity index (χ0v) is 9.29. The Labute approximate surface area is 90.7 Å². The van der Waals surface area contributed by atoms with Crippen LogP contribution in [0.2, 0.25) is 0 Å². The Morgan fingerprint density at radius 1 is 1.40 bits per heavy atom. The molecule has 0 aliphatic heterocycles. The predicted octanol–water partition coefficient (Wildman–Crippen LogP) is 2.06. The lowest BCUT2D eigenvalue weighted by Crippen LogP contribution is -2.26. The molecule has 1 rings (SSSR count). The fraction of sp³-hybridized carbons (Fsp3) is 0.417. The molecule has 82 valence electrons. The van der Waals surface area contributed by atoms with Crippen molar-refractivity contribution in [3.63, 3.8) is 0 Å². The monoisotopic (exact) mass is 206 g/mol. The van der Waals surface area contributed by atoms with Crippen LogP contribution in [0.15, 0.2) is 24.3 Å². The minimum absolute atomic E-state index is 0.130. The molecule has 0 saturated heterocycles. The summed E-state index contributed by atoms with van der Waals surface area (Å²) in [6.07, 6.45) is 1.27. The molecule has 1 amide bonds. The van der Waals surface area contributed by atoms with Gasteiger partial charge in [-0.3, -0.25) is 4.79 Å². The Bertz CT molecular complexity index is 319. The Morgan fingerprint density at radius 2 is 2.00 bits per heavy atom. The van der Waals surface area contributed by atoms with Gasteiger partial charge in [-0.25, -0.2) is 0 Å². The molecule has 0 aliphatic rings. The highest BCUT2D eigenvalue weighted by atomic mass is 16.1. The lowest BCUT2D eigenvalue weighted by Gasteiger charge is -2.16. The highest BCUT2D eigenvalue weighted by molar-refractivity contribution is 5.75. The zero-order chi connectivity index (χ0) is 11.3. The van der Waals surface area contributed by atoms with Gasteiger partial charge in [-0.05, 0) is 25.5 Å². The van der Waals surface area contributed by atoms with Gasteiger partial charge in [-0.2, -0.15) is 0 Å². The molecule has 0 fully saturated rings. The quantitative estimate of drug-likeness (QED) is 0.774. The van der Waals surface area contributed by atoms with Crippen LogP contribution in [0, 0.1) is 6.92 Å². The molecule has 1 aromatic carbocycles. The van der Waals surface area contributed by atoms with E-state index in [0.29, 0.717) is 6.42 Å². The number of carbonyl (C=O) groups is 1. The number of rotatable bonds is 5. The molecule has 3 heteroatoms. The molecule has 0 unspecified atom stereocenters. The number of aryl methyl sites for hydroxylation is 1. The van der Waals surface area contributed by atoms with Gasteiger partial charge in [0.25, 0.3) is 0 Å². The van der Waals surface area contributed by atoms with E-state index >= 15 is 0 Å². The number of hydrogen-bond acceptors (Lipinski definition) is 2. The van der Waals surface area contributed by atoms with Crippen LogP contribution in [0.1, 0.15) is 25.3 Å². The summed E-state index contributed by atoms with van der Waals surface area (Å²) in [5, 5.41) is 3.29. The minimum Gasteiger partial charge on any atom is -0.382 e. The number of primary amides is 1. The summed E-state index contributed by atoms with van der Waals surface area (Å²) in [6.45, 7) is 4.08. The maximum atomic E-state index is 10.8. The molecule has 1 atom stereocenters. The van der Waals surface area contributed by atoms with Crippen molar-refractivity contribution in [2.45, 2.75) is 32.7 Å². The van der Waals surface area contributed by atoms with E-state index in [1.165, 1.54) is 5.56 Å². The minimum atomic E-state index is -0.263. The number of anilines is 1. The van der Waals surface area contributed by atoms with Crippen LogP contribution in [-0.2, 0) is 4.79 Å². The third-order valence-electron chi connectivity index (χ3n) is 2.36. The SMILES string of the molecule is CC[C@H](CC(N)=O)Nc1ccc(C)cc1. The van der Waals surface area contributed by atoms with Crippen molar-refractivity contribution in [2.24, 2.45) is 5.73 Å². The molecule has 0 bridgehead atoms. The van der Waals surface area contributed by atoms with Crippen LogP contribution in [0.3, 0.4) is 0 Å². The van der Waals surface area contributed by atoms with Gasteiger partial charge in [0.1, 0.15) is 0 Å². The largest absolute Gasteiger partial charge is 0.382 e. The summed E-state index contributed by atoms with van der Waals surface area (Å²) >= 11 is 0. The molecule has 0 radical (unpaired) electrons. The van der Waals surface area contributed by atoms with E-state index < -0.39 is 0 Å². The number of nitrogens with one attached hydrogen (secondary N) is 1. The first kappa shape index (κ1) is 11.6. The molecule has 3 N–H and O–H groups in total. The predicted molar refractivity (Wildman–Crippen MR) is 62.7 cm³/mol. The first-order chi connectivity index (χ1) is 7.11. The highest BCUT2D eigenvalue weighted by Gasteiger charge is 2.08. The van der Waals surface area contributed by atoms with Crippen molar-refractivity contribution < 1.29 is 4.79 Å². The summed E-state index contributed by atoms with van der Waals surface area (Å²) in [4.78, 5) is 10.8. The Morgan fingerprint density at radius 3 is 2.47 bits per heavy atom. The number of carbonyl (C=O) groups excluding carboxylic acids is 1. The maximum absolute atomic E-state index is 10.8. The summed E-state index contributed by atoms with van der Waals surface area (Å²) in [5.74, 6) is -0.263. The van der Waals surface area contributed by atoms with Crippen LogP contribution >= 0.6 is 0 Å². The van der Waals surface area contributed by atoms with Crippen LogP contribution < -0.4 is 11.1 Å². The van der Waals surface area contributed by atoms with Gasteiger partial charge in [0.2, 0.25) is 5.91 Å². The third-order valence-corrected chi connectivity index (χ3v) is 2.36. The van der Waals surface area contributed by atoms with Crippen molar-refractivity contribution in [1.82, 2.24) is 0 Å². The summed E-state index contributed by atoms with van der Waals surface area (Å²) in [6, 6.07) is 8.24. The van der Waals surface area contributed by atoms with Gasteiger partial charge in [0, 0.05) is 18.2 Å². The number of amides is 1. The van der Waals surface area contributed by atoms with Gasteiger partial charge >= 0.3 is 0 Å². The summed E-state index contributed by atoms with van der Waals surface area (Å²) in [5.41, 5.74) is 7.43. The molecule has 0 heterocycles. The second kappa shape index (κ2) is 5.39. The molecule has 15 heavy (non-hydrogen) atoms. The lowest BCUT2D eigenvalue weighted by molar-refractivity contribution is -0.118. The molecular formula is C12H18N2O. The molecule has 0 aliphatic carbocycles. The zero-order valence-electron chi connectivity index (χ0n) is 9.29. The Kier molecular flexibility index (Phi) is 4.16. The molecule has 1 aromatic rings. The summed E-state index contributed by atoms with van der Waals surface area (Å²) < 4.78 is 0. The van der Waals surface area contributed by atoms with E-state index in [2.05, 4.69) is 5.32 Å². The number of nitrogens with two attached hydrogens (primary N) is 1. The molecule has 0 aromatic heterocycles. The van der Waals surface area contributed by atoms with Crippen LogP contribution in [0.25, 0.3) is 0 Å². The van der Waals surface area contributed by atoms with Crippen molar-refractivity contribution >= 4 is 11.6 Å². The van der Waals surface area contributed by atoms with Crippen molar-refractivity contribution in [1.29, 1.82) is 0 Å². The van der Waals surface area contributed by atoms with E-state index in [1.54, 1.807) is 0 Å². The van der Waals surface area contributed by atoms with Crippen molar-refractivity contribution in [3.05, 3.63) is 29.8 Å². The van der Waals surface area contributed by atoms with Crippen LogP contribution in [-0.4, -0.2) is 11.9 Å². The smallest absolute Gasteiger partial charge is 0.219 e. The topological polar surface area (TPSA) is 55.1 Å². The van der Waals surface area contributed by atoms with Crippen molar-refractivity contribution in [2.75, 3.05) is 5.32 Å². The molecular weight excluding hydrogens is 188 g/mol. The maximum Gasteiger partial charge on any atom is 0.219 e.